The number of hydrogen-bond acceptors (Lipinski definition) is 5. The van der Waals surface area contributed by atoms with Crippen LogP contribution in [0.2, 0.25) is 5.15 Å². The first-order valence-electron chi connectivity index (χ1n) is 4.51. The van der Waals surface area contributed by atoms with Crippen LogP contribution in [0.1, 0.15) is 5.82 Å². The highest BCUT2D eigenvalue weighted by Crippen LogP contribution is 2.31. The smallest absolute Gasteiger partial charge is 0.245 e. The molecule has 9 heteroatoms. The second kappa shape index (κ2) is 5.07. The molecule has 0 spiro atoms. The molecule has 0 fully saturated rings. The molecule has 18 heavy (non-hydrogen) atoms. The molecule has 2 rings (SSSR count). The molecule has 2 aromatic rings. The zero-order chi connectivity index (χ0) is 13.2. The summed E-state index contributed by atoms with van der Waals surface area (Å²) in [6.07, 6.45) is -1.87. The monoisotopic (exact) mass is 292 g/mol. The number of rotatable bonds is 2. The van der Waals surface area contributed by atoms with E-state index in [1.54, 1.807) is 6.07 Å². The highest BCUT2D eigenvalue weighted by molar-refractivity contribution is 7.99. The molecule has 2 heterocycles. The fraction of sp³-hybridized carbons (Fsp3) is 0.111. The molecule has 0 unspecified atom stereocenters. The highest BCUT2D eigenvalue weighted by Gasteiger charge is 2.35. The lowest BCUT2D eigenvalue weighted by atomic mass is 10.5. The molecular formula is C9H4ClF3N4S. The van der Waals surface area contributed by atoms with Gasteiger partial charge in [0.25, 0.3) is 0 Å². The Labute approximate surface area is 109 Å². The van der Waals surface area contributed by atoms with Crippen LogP contribution in [0.3, 0.4) is 0 Å². The van der Waals surface area contributed by atoms with E-state index in [0.29, 0.717) is 5.03 Å². The Morgan fingerprint density at radius 2 is 1.94 bits per heavy atom. The van der Waals surface area contributed by atoms with E-state index in [1.165, 1.54) is 18.6 Å². The zero-order valence-electron chi connectivity index (χ0n) is 8.52. The molecule has 0 saturated carbocycles. The summed E-state index contributed by atoms with van der Waals surface area (Å²) in [5.41, 5.74) is 0. The number of hydrogen-bond donors (Lipinski definition) is 0. The molecule has 0 aliphatic rings. The largest absolute Gasteiger partial charge is 0.451 e. The fourth-order valence-electron chi connectivity index (χ4n) is 1.02. The van der Waals surface area contributed by atoms with Crippen molar-refractivity contribution in [3.8, 4) is 0 Å². The maximum absolute atomic E-state index is 12.5. The maximum atomic E-state index is 12.5. The molecule has 0 aliphatic heterocycles. The van der Waals surface area contributed by atoms with E-state index in [0.717, 1.165) is 11.8 Å². The average molecular weight is 293 g/mol. The molecule has 94 valence electrons. The minimum atomic E-state index is -4.63. The first kappa shape index (κ1) is 13.0. The van der Waals surface area contributed by atoms with Crippen molar-refractivity contribution in [1.82, 2.24) is 19.9 Å². The van der Waals surface area contributed by atoms with Gasteiger partial charge in [0, 0.05) is 12.3 Å². The second-order valence-electron chi connectivity index (χ2n) is 3.00. The second-order valence-corrected chi connectivity index (χ2v) is 4.43. The molecule has 2 aromatic heterocycles. The summed E-state index contributed by atoms with van der Waals surface area (Å²) < 4.78 is 37.4. The summed E-state index contributed by atoms with van der Waals surface area (Å²) in [5.74, 6) is -1.27. The predicted octanol–water partition coefficient (Wildman–Crippen LogP) is 3.09. The number of halogens is 4. The Morgan fingerprint density at radius 1 is 1.17 bits per heavy atom. The van der Waals surface area contributed by atoms with Crippen LogP contribution in [0, 0.1) is 0 Å². The van der Waals surface area contributed by atoms with Crippen molar-refractivity contribution < 1.29 is 13.2 Å². The quantitative estimate of drug-likeness (QED) is 0.796. The summed E-state index contributed by atoms with van der Waals surface area (Å²) in [7, 11) is 0. The molecule has 0 saturated heterocycles. The molecule has 0 radical (unpaired) electrons. The van der Waals surface area contributed by atoms with Crippen molar-refractivity contribution in [2.75, 3.05) is 0 Å². The third-order valence-electron chi connectivity index (χ3n) is 1.69. The third-order valence-corrected chi connectivity index (χ3v) is 2.75. The van der Waals surface area contributed by atoms with Crippen molar-refractivity contribution in [2.45, 2.75) is 16.2 Å². The highest BCUT2D eigenvalue weighted by atomic mass is 35.5. The summed E-state index contributed by atoms with van der Waals surface area (Å²) in [6, 6.07) is 2.79. The van der Waals surface area contributed by atoms with E-state index in [4.69, 9.17) is 11.6 Å². The van der Waals surface area contributed by atoms with Gasteiger partial charge in [-0.05, 0) is 17.8 Å². The van der Waals surface area contributed by atoms with Crippen molar-refractivity contribution in [3.05, 3.63) is 35.6 Å². The van der Waals surface area contributed by atoms with Gasteiger partial charge in [-0.25, -0.2) is 19.9 Å². The normalized spacial score (nSPS) is 11.6. The fourth-order valence-corrected chi connectivity index (χ4v) is 2.02. The molecule has 4 nitrogen and oxygen atoms in total. The summed E-state index contributed by atoms with van der Waals surface area (Å²) in [6.45, 7) is 0. The summed E-state index contributed by atoms with van der Waals surface area (Å²) in [4.78, 5) is 14.1. The van der Waals surface area contributed by atoms with Gasteiger partial charge in [0.15, 0.2) is 0 Å². The van der Waals surface area contributed by atoms with E-state index >= 15 is 0 Å². The van der Waals surface area contributed by atoms with Crippen molar-refractivity contribution in [1.29, 1.82) is 0 Å². The Kier molecular flexibility index (Phi) is 3.67. The molecular weight excluding hydrogens is 289 g/mol. The molecule has 0 aliphatic carbocycles. The van der Waals surface area contributed by atoms with Crippen LogP contribution in [0.5, 0.6) is 0 Å². The third kappa shape index (κ3) is 3.30. The molecule has 0 atom stereocenters. The predicted molar refractivity (Wildman–Crippen MR) is 58.2 cm³/mol. The molecule has 0 amide bonds. The maximum Gasteiger partial charge on any atom is 0.451 e. The van der Waals surface area contributed by atoms with Crippen LogP contribution in [0.4, 0.5) is 13.2 Å². The Balaban J connectivity index is 2.32. The first-order valence-corrected chi connectivity index (χ1v) is 5.70. The van der Waals surface area contributed by atoms with Gasteiger partial charge in [-0.1, -0.05) is 11.6 Å². The van der Waals surface area contributed by atoms with Crippen LogP contribution < -0.4 is 0 Å². The number of nitrogens with zero attached hydrogens (tertiary/aromatic N) is 4. The van der Waals surface area contributed by atoms with Gasteiger partial charge in [-0.2, -0.15) is 13.2 Å². The molecule has 0 N–H and O–H groups in total. The topological polar surface area (TPSA) is 51.6 Å². The van der Waals surface area contributed by atoms with Gasteiger partial charge in [-0.3, -0.25) is 0 Å². The van der Waals surface area contributed by atoms with E-state index in [9.17, 15) is 13.2 Å². The van der Waals surface area contributed by atoms with Gasteiger partial charge in [-0.15, -0.1) is 0 Å². The lowest BCUT2D eigenvalue weighted by Crippen LogP contribution is -2.11. The van der Waals surface area contributed by atoms with Gasteiger partial charge in [0.2, 0.25) is 5.82 Å². The average Bonchev–Trinajstić information content (AvgIpc) is 2.28. The minimum Gasteiger partial charge on any atom is -0.245 e. The van der Waals surface area contributed by atoms with E-state index in [-0.39, 0.29) is 10.2 Å². The van der Waals surface area contributed by atoms with Crippen LogP contribution in [0.15, 0.2) is 34.7 Å². The number of alkyl halides is 3. The Hall–Kier alpha value is -1.41. The van der Waals surface area contributed by atoms with Gasteiger partial charge in [0.1, 0.15) is 21.5 Å². The minimum absolute atomic E-state index is 0.0704. The summed E-state index contributed by atoms with van der Waals surface area (Å²) >= 11 is 6.47. The van der Waals surface area contributed by atoms with E-state index < -0.39 is 12.0 Å². The van der Waals surface area contributed by atoms with Gasteiger partial charge < -0.3 is 0 Å². The lowest BCUT2D eigenvalue weighted by Gasteiger charge is -2.06. The van der Waals surface area contributed by atoms with Gasteiger partial charge in [0.05, 0.1) is 0 Å². The molecule has 0 bridgehead atoms. The van der Waals surface area contributed by atoms with Crippen molar-refractivity contribution >= 4 is 23.4 Å². The Morgan fingerprint density at radius 3 is 2.56 bits per heavy atom. The number of aromatic nitrogens is 4. The van der Waals surface area contributed by atoms with E-state index in [1.807, 2.05) is 0 Å². The van der Waals surface area contributed by atoms with Crippen LogP contribution in [-0.4, -0.2) is 19.9 Å². The zero-order valence-corrected chi connectivity index (χ0v) is 10.1. The first-order chi connectivity index (χ1) is 8.45. The van der Waals surface area contributed by atoms with Crippen molar-refractivity contribution in [3.63, 3.8) is 0 Å². The lowest BCUT2D eigenvalue weighted by molar-refractivity contribution is -0.145. The standard InChI is InChI=1S/C9H4ClF3N4S/c10-5-3-7(17-8(16-5)9(11,12)13)18-6-1-2-14-4-15-6/h1-4H. The van der Waals surface area contributed by atoms with Crippen LogP contribution in [0.25, 0.3) is 0 Å². The SMILES string of the molecule is FC(F)(F)c1nc(Cl)cc(Sc2ccncn2)n1. The molecule has 0 aromatic carbocycles. The van der Waals surface area contributed by atoms with Gasteiger partial charge >= 0.3 is 6.18 Å². The van der Waals surface area contributed by atoms with E-state index in [2.05, 4.69) is 19.9 Å². The Bertz CT molecular complexity index is 549. The summed E-state index contributed by atoms with van der Waals surface area (Å²) in [5, 5.41) is 0.266. The van der Waals surface area contributed by atoms with Crippen molar-refractivity contribution in [2.24, 2.45) is 0 Å². The van der Waals surface area contributed by atoms with Crippen LogP contribution in [-0.2, 0) is 6.18 Å². The van der Waals surface area contributed by atoms with Crippen LogP contribution >= 0.6 is 23.4 Å².